The predicted molar refractivity (Wildman–Crippen MR) is 81.8 cm³/mol. The fourth-order valence-corrected chi connectivity index (χ4v) is 3.74. The van der Waals surface area contributed by atoms with Gasteiger partial charge >= 0.3 is 0 Å². The van der Waals surface area contributed by atoms with Crippen LogP contribution in [0.2, 0.25) is 0 Å². The zero-order valence-corrected chi connectivity index (χ0v) is 12.6. The van der Waals surface area contributed by atoms with Gasteiger partial charge in [0, 0.05) is 30.7 Å². The van der Waals surface area contributed by atoms with Gasteiger partial charge in [-0.2, -0.15) is 0 Å². The Bertz CT molecular complexity index is 472. The Balaban J connectivity index is 1.80. The van der Waals surface area contributed by atoms with E-state index in [-0.39, 0.29) is 6.04 Å². The van der Waals surface area contributed by atoms with Gasteiger partial charge in [-0.3, -0.25) is 4.90 Å². The minimum atomic E-state index is 0.0828. The molecule has 3 rings (SSSR count). The highest BCUT2D eigenvalue weighted by atomic mass is 16.5. The first-order valence-electron chi connectivity index (χ1n) is 7.92. The number of hydrogen-bond donors (Lipinski definition) is 1. The van der Waals surface area contributed by atoms with Crippen molar-refractivity contribution in [2.24, 2.45) is 11.7 Å². The van der Waals surface area contributed by atoms with Crippen molar-refractivity contribution in [3.63, 3.8) is 0 Å². The van der Waals surface area contributed by atoms with Crippen molar-refractivity contribution in [3.8, 4) is 5.75 Å². The summed E-state index contributed by atoms with van der Waals surface area (Å²) in [7, 11) is 0. The molecule has 0 amide bonds. The highest BCUT2D eigenvalue weighted by Gasteiger charge is 2.37. The van der Waals surface area contributed by atoms with Crippen LogP contribution in [0, 0.1) is 5.92 Å². The van der Waals surface area contributed by atoms with E-state index in [2.05, 4.69) is 23.1 Å². The molecule has 0 radical (unpaired) electrons. The van der Waals surface area contributed by atoms with Gasteiger partial charge in [-0.1, -0.05) is 6.07 Å². The highest BCUT2D eigenvalue weighted by Crippen LogP contribution is 2.39. The quantitative estimate of drug-likeness (QED) is 0.896. The lowest BCUT2D eigenvalue weighted by Gasteiger charge is -2.27. The monoisotopic (exact) mass is 274 g/mol. The van der Waals surface area contributed by atoms with Gasteiger partial charge in [0.1, 0.15) is 5.75 Å². The molecule has 110 valence electrons. The molecule has 0 aromatic heterocycles. The fourth-order valence-electron chi connectivity index (χ4n) is 3.74. The minimum Gasteiger partial charge on any atom is -0.494 e. The maximum absolute atomic E-state index is 6.02. The van der Waals surface area contributed by atoms with E-state index in [1.807, 2.05) is 13.8 Å². The van der Waals surface area contributed by atoms with Gasteiger partial charge < -0.3 is 10.5 Å². The molecule has 1 saturated heterocycles. The van der Waals surface area contributed by atoms with E-state index in [0.717, 1.165) is 30.9 Å². The van der Waals surface area contributed by atoms with Crippen LogP contribution in [-0.4, -0.2) is 24.1 Å². The third-order valence-corrected chi connectivity index (χ3v) is 4.81. The molecule has 0 spiro atoms. The van der Waals surface area contributed by atoms with Crippen molar-refractivity contribution in [2.75, 3.05) is 13.2 Å². The van der Waals surface area contributed by atoms with Crippen LogP contribution >= 0.6 is 0 Å². The Labute approximate surface area is 122 Å². The molecule has 3 atom stereocenters. The van der Waals surface area contributed by atoms with E-state index in [4.69, 9.17) is 10.5 Å². The van der Waals surface area contributed by atoms with Gasteiger partial charge in [-0.05, 0) is 56.7 Å². The average molecular weight is 274 g/mol. The van der Waals surface area contributed by atoms with E-state index in [1.54, 1.807) is 0 Å². The number of piperidine rings is 1. The molecule has 2 bridgehead atoms. The number of nitrogens with two attached hydrogens (primary N) is 1. The molecule has 2 fully saturated rings. The summed E-state index contributed by atoms with van der Waals surface area (Å²) in [4.78, 5) is 2.64. The van der Waals surface area contributed by atoms with Gasteiger partial charge in [0.2, 0.25) is 0 Å². The molecule has 1 aromatic rings. The summed E-state index contributed by atoms with van der Waals surface area (Å²) in [5, 5.41) is 0. The Kier molecular flexibility index (Phi) is 3.99. The number of hydrogen-bond acceptors (Lipinski definition) is 3. The van der Waals surface area contributed by atoms with Crippen LogP contribution < -0.4 is 10.5 Å². The van der Waals surface area contributed by atoms with Gasteiger partial charge in [-0.25, -0.2) is 0 Å². The fraction of sp³-hybridized carbons (Fsp3) is 0.647. The first kappa shape index (κ1) is 13.9. The normalized spacial score (nSPS) is 26.9. The molecular formula is C17H26N2O. The van der Waals surface area contributed by atoms with E-state index < -0.39 is 0 Å². The number of rotatable bonds is 5. The topological polar surface area (TPSA) is 38.5 Å². The predicted octanol–water partition coefficient (Wildman–Crippen LogP) is 3.09. The second-order valence-corrected chi connectivity index (χ2v) is 6.35. The van der Waals surface area contributed by atoms with Crippen LogP contribution in [0.1, 0.15) is 50.3 Å². The summed E-state index contributed by atoms with van der Waals surface area (Å²) in [6.07, 6.45) is 4.21. The number of ether oxygens (including phenoxy) is 1. The van der Waals surface area contributed by atoms with Crippen molar-refractivity contribution in [1.82, 2.24) is 4.90 Å². The van der Waals surface area contributed by atoms with Crippen molar-refractivity contribution < 1.29 is 4.74 Å². The van der Waals surface area contributed by atoms with Crippen molar-refractivity contribution in [3.05, 3.63) is 29.3 Å². The van der Waals surface area contributed by atoms with Gasteiger partial charge in [0.25, 0.3) is 0 Å². The van der Waals surface area contributed by atoms with Crippen LogP contribution in [0.25, 0.3) is 0 Å². The van der Waals surface area contributed by atoms with Crippen LogP contribution in [0.15, 0.2) is 18.2 Å². The first-order valence-corrected chi connectivity index (χ1v) is 7.92. The van der Waals surface area contributed by atoms with E-state index >= 15 is 0 Å². The van der Waals surface area contributed by atoms with E-state index in [1.165, 1.54) is 36.9 Å². The Morgan fingerprint density at radius 1 is 1.40 bits per heavy atom. The summed E-state index contributed by atoms with van der Waals surface area (Å²) in [6, 6.07) is 7.30. The molecule has 2 N–H and O–H groups in total. The summed E-state index contributed by atoms with van der Waals surface area (Å²) in [5.41, 5.74) is 8.52. The van der Waals surface area contributed by atoms with Crippen LogP contribution in [-0.2, 0) is 6.54 Å². The summed E-state index contributed by atoms with van der Waals surface area (Å²) < 4.78 is 5.79. The molecule has 3 nitrogen and oxygen atoms in total. The number of nitrogens with zero attached hydrogens (tertiary/aromatic N) is 1. The lowest BCUT2D eigenvalue weighted by molar-refractivity contribution is 0.201. The zero-order valence-electron chi connectivity index (χ0n) is 12.6. The maximum Gasteiger partial charge on any atom is 0.123 e. The lowest BCUT2D eigenvalue weighted by Crippen LogP contribution is -2.31. The molecule has 3 unspecified atom stereocenters. The molecule has 2 aliphatic rings. The SMILES string of the molecule is CCOc1ccc(C(C)N)cc1CN1CC2CCC1C2. The summed E-state index contributed by atoms with van der Waals surface area (Å²) in [5.74, 6) is 1.96. The van der Waals surface area contributed by atoms with Gasteiger partial charge in [0.15, 0.2) is 0 Å². The largest absolute Gasteiger partial charge is 0.494 e. The Hall–Kier alpha value is -1.06. The second-order valence-electron chi connectivity index (χ2n) is 6.35. The molecule has 1 aliphatic carbocycles. The third kappa shape index (κ3) is 2.70. The highest BCUT2D eigenvalue weighted by molar-refractivity contribution is 5.38. The van der Waals surface area contributed by atoms with E-state index in [9.17, 15) is 0 Å². The third-order valence-electron chi connectivity index (χ3n) is 4.81. The number of benzene rings is 1. The van der Waals surface area contributed by atoms with Crippen molar-refractivity contribution in [2.45, 2.75) is 51.7 Å². The van der Waals surface area contributed by atoms with Gasteiger partial charge in [0.05, 0.1) is 6.61 Å². The van der Waals surface area contributed by atoms with Crippen LogP contribution in [0.4, 0.5) is 0 Å². The average Bonchev–Trinajstić information content (AvgIpc) is 3.03. The van der Waals surface area contributed by atoms with Gasteiger partial charge in [-0.15, -0.1) is 0 Å². The second kappa shape index (κ2) is 5.74. The molecule has 3 heteroatoms. The lowest BCUT2D eigenvalue weighted by atomic mass is 10.0. The summed E-state index contributed by atoms with van der Waals surface area (Å²) in [6.45, 7) is 7.07. The Morgan fingerprint density at radius 2 is 2.25 bits per heavy atom. The number of likely N-dealkylation sites (tertiary alicyclic amines) is 1. The van der Waals surface area contributed by atoms with Crippen LogP contribution in [0.5, 0.6) is 5.75 Å². The standard InChI is InChI=1S/C17H26N2O/c1-3-20-17-7-5-14(12(2)18)9-15(17)11-19-10-13-4-6-16(19)8-13/h5,7,9,12-13,16H,3-4,6,8,10-11,18H2,1-2H3. The molecule has 1 aromatic carbocycles. The van der Waals surface area contributed by atoms with Crippen molar-refractivity contribution in [1.29, 1.82) is 0 Å². The number of fused-ring (bicyclic) bond motifs is 2. The molecule has 1 aliphatic heterocycles. The zero-order chi connectivity index (χ0) is 14.1. The smallest absolute Gasteiger partial charge is 0.123 e. The van der Waals surface area contributed by atoms with Crippen LogP contribution in [0.3, 0.4) is 0 Å². The Morgan fingerprint density at radius 3 is 2.85 bits per heavy atom. The molecule has 20 heavy (non-hydrogen) atoms. The summed E-state index contributed by atoms with van der Waals surface area (Å²) >= 11 is 0. The molecular weight excluding hydrogens is 248 g/mol. The molecule has 1 heterocycles. The maximum atomic E-state index is 6.02. The first-order chi connectivity index (χ1) is 9.67. The van der Waals surface area contributed by atoms with Crippen molar-refractivity contribution >= 4 is 0 Å². The molecule has 1 saturated carbocycles. The minimum absolute atomic E-state index is 0.0828. The van der Waals surface area contributed by atoms with E-state index in [0.29, 0.717) is 0 Å².